The lowest BCUT2D eigenvalue weighted by molar-refractivity contribution is 0.0713. The molecule has 5 heteroatoms. The van der Waals surface area contributed by atoms with E-state index in [9.17, 15) is 15.0 Å². The molecule has 5 nitrogen and oxygen atoms in total. The zero-order valence-corrected chi connectivity index (χ0v) is 14.1. The molecule has 0 fully saturated rings. The quantitative estimate of drug-likeness (QED) is 0.728. The van der Waals surface area contributed by atoms with E-state index in [-0.39, 0.29) is 12.5 Å². The smallest absolute Gasteiger partial charge is 0.251 e. The van der Waals surface area contributed by atoms with Crippen molar-refractivity contribution in [2.75, 3.05) is 6.54 Å². The monoisotopic (exact) mass is 328 g/mol. The lowest BCUT2D eigenvalue weighted by atomic mass is 9.98. The summed E-state index contributed by atoms with van der Waals surface area (Å²) >= 11 is 0. The van der Waals surface area contributed by atoms with E-state index < -0.39 is 11.7 Å². The van der Waals surface area contributed by atoms with Crippen LogP contribution in [-0.2, 0) is 6.42 Å². The molecule has 128 valence electrons. The van der Waals surface area contributed by atoms with Crippen LogP contribution >= 0.6 is 0 Å². The summed E-state index contributed by atoms with van der Waals surface area (Å²) in [4.78, 5) is 16.1. The van der Waals surface area contributed by atoms with Gasteiger partial charge in [-0.3, -0.25) is 9.78 Å². The number of nitrogens with one attached hydrogen (secondary N) is 1. The predicted molar refractivity (Wildman–Crippen MR) is 92.6 cm³/mol. The van der Waals surface area contributed by atoms with Crippen molar-refractivity contribution in [1.82, 2.24) is 10.3 Å². The number of carbonyl (C=O) groups excluding carboxylic acids is 1. The summed E-state index contributed by atoms with van der Waals surface area (Å²) in [6, 6.07) is 10.8. The second-order valence-corrected chi connectivity index (χ2v) is 6.52. The van der Waals surface area contributed by atoms with Gasteiger partial charge < -0.3 is 15.5 Å². The Labute approximate surface area is 142 Å². The molecule has 0 aliphatic heterocycles. The van der Waals surface area contributed by atoms with Gasteiger partial charge in [-0.15, -0.1) is 0 Å². The van der Waals surface area contributed by atoms with Crippen molar-refractivity contribution in [3.05, 3.63) is 65.5 Å². The number of pyridine rings is 1. The Balaban J connectivity index is 1.86. The minimum absolute atomic E-state index is 0.130. The highest BCUT2D eigenvalue weighted by Crippen LogP contribution is 2.14. The lowest BCUT2D eigenvalue weighted by Gasteiger charge is -2.16. The Morgan fingerprint density at radius 3 is 2.54 bits per heavy atom. The minimum atomic E-state index is -0.784. The van der Waals surface area contributed by atoms with Gasteiger partial charge >= 0.3 is 0 Å². The zero-order valence-electron chi connectivity index (χ0n) is 14.1. The number of benzene rings is 1. The van der Waals surface area contributed by atoms with Crippen molar-refractivity contribution in [1.29, 1.82) is 0 Å². The molecule has 1 aromatic heterocycles. The van der Waals surface area contributed by atoms with Crippen LogP contribution in [0.2, 0.25) is 0 Å². The molecule has 1 aromatic carbocycles. The first-order valence-corrected chi connectivity index (χ1v) is 8.03. The summed E-state index contributed by atoms with van der Waals surface area (Å²) in [6.45, 7) is 3.69. The Kier molecular flexibility index (Phi) is 6.06. The van der Waals surface area contributed by atoms with Gasteiger partial charge in [0.05, 0.1) is 11.7 Å². The molecular weight excluding hydrogens is 304 g/mol. The van der Waals surface area contributed by atoms with Gasteiger partial charge in [0.15, 0.2) is 0 Å². The number of carbonyl (C=O) groups is 1. The van der Waals surface area contributed by atoms with Crippen molar-refractivity contribution in [2.45, 2.75) is 38.4 Å². The number of hydrogen-bond acceptors (Lipinski definition) is 4. The van der Waals surface area contributed by atoms with Crippen molar-refractivity contribution in [3.63, 3.8) is 0 Å². The van der Waals surface area contributed by atoms with Gasteiger partial charge in [-0.05, 0) is 50.5 Å². The summed E-state index contributed by atoms with van der Waals surface area (Å²) in [5.41, 5.74) is 1.59. The summed E-state index contributed by atoms with van der Waals surface area (Å²) in [5.74, 6) is -0.230. The van der Waals surface area contributed by atoms with Crippen LogP contribution in [0, 0.1) is 0 Å². The number of aliphatic hydroxyl groups is 2. The van der Waals surface area contributed by atoms with Crippen molar-refractivity contribution >= 4 is 5.91 Å². The third-order valence-corrected chi connectivity index (χ3v) is 3.77. The maximum atomic E-state index is 12.1. The van der Waals surface area contributed by atoms with E-state index in [1.807, 2.05) is 12.1 Å². The third-order valence-electron chi connectivity index (χ3n) is 3.77. The van der Waals surface area contributed by atoms with Gasteiger partial charge in [-0.2, -0.15) is 0 Å². The number of aliphatic hydroxyl groups excluding tert-OH is 1. The molecule has 0 saturated heterocycles. The Morgan fingerprint density at radius 1 is 1.25 bits per heavy atom. The predicted octanol–water partition coefficient (Wildman–Crippen LogP) is 2.25. The fraction of sp³-hybridized carbons (Fsp3) is 0.368. The van der Waals surface area contributed by atoms with Gasteiger partial charge in [0.1, 0.15) is 0 Å². The first-order valence-electron chi connectivity index (χ1n) is 8.03. The number of aryl methyl sites for hydroxylation is 1. The first kappa shape index (κ1) is 18.1. The molecule has 0 aliphatic rings. The van der Waals surface area contributed by atoms with E-state index >= 15 is 0 Å². The Hall–Kier alpha value is -2.24. The van der Waals surface area contributed by atoms with Crippen molar-refractivity contribution in [2.24, 2.45) is 0 Å². The molecule has 2 rings (SSSR count). The molecule has 0 aliphatic carbocycles. The maximum absolute atomic E-state index is 12.1. The molecule has 1 heterocycles. The summed E-state index contributed by atoms with van der Waals surface area (Å²) in [7, 11) is 0. The number of nitrogens with zero attached hydrogens (tertiary/aromatic N) is 1. The molecule has 0 bridgehead atoms. The summed E-state index contributed by atoms with van der Waals surface area (Å²) < 4.78 is 0. The van der Waals surface area contributed by atoms with Crippen molar-refractivity contribution < 1.29 is 15.0 Å². The van der Waals surface area contributed by atoms with Crippen LogP contribution in [0.25, 0.3) is 0 Å². The lowest BCUT2D eigenvalue weighted by Crippen LogP contribution is -2.28. The molecule has 0 spiro atoms. The van der Waals surface area contributed by atoms with Crippen LogP contribution in [0.3, 0.4) is 0 Å². The van der Waals surface area contributed by atoms with Gasteiger partial charge in [-0.25, -0.2) is 0 Å². The van der Waals surface area contributed by atoms with Gasteiger partial charge in [0.25, 0.3) is 5.91 Å². The Bertz CT molecular complexity index is 649. The molecular formula is C19H24N2O3. The number of hydrogen-bond donors (Lipinski definition) is 3. The average Bonchev–Trinajstić information content (AvgIpc) is 2.58. The largest absolute Gasteiger partial charge is 0.390 e. The van der Waals surface area contributed by atoms with Crippen LogP contribution in [0.5, 0.6) is 0 Å². The van der Waals surface area contributed by atoms with E-state index in [2.05, 4.69) is 10.3 Å². The van der Waals surface area contributed by atoms with Crippen molar-refractivity contribution in [3.8, 4) is 0 Å². The number of aromatic nitrogens is 1. The molecule has 0 radical (unpaired) electrons. The van der Waals surface area contributed by atoms with E-state index in [0.29, 0.717) is 17.5 Å². The third kappa shape index (κ3) is 5.76. The average molecular weight is 328 g/mol. The number of rotatable bonds is 7. The van der Waals surface area contributed by atoms with Crippen LogP contribution in [0.15, 0.2) is 48.8 Å². The van der Waals surface area contributed by atoms with Crippen LogP contribution in [-0.4, -0.2) is 33.3 Å². The van der Waals surface area contributed by atoms with E-state index in [0.717, 1.165) is 12.0 Å². The fourth-order valence-corrected chi connectivity index (χ4v) is 2.26. The summed E-state index contributed by atoms with van der Waals surface area (Å²) in [6.07, 6.45) is 3.84. The van der Waals surface area contributed by atoms with E-state index in [1.165, 1.54) is 0 Å². The standard InChI is InChI=1S/C19H24N2O3/c1-19(2,24)10-9-14-5-7-15(8-6-14)18(23)21-13-17(22)16-4-3-11-20-12-16/h3-8,11-12,17,22,24H,9-10,13H2,1-2H3,(H,21,23). The normalized spacial score (nSPS) is 12.7. The van der Waals surface area contributed by atoms with Crippen LogP contribution in [0.4, 0.5) is 0 Å². The molecule has 0 saturated carbocycles. The highest BCUT2D eigenvalue weighted by atomic mass is 16.3. The molecule has 24 heavy (non-hydrogen) atoms. The SMILES string of the molecule is CC(C)(O)CCc1ccc(C(=O)NCC(O)c2cccnc2)cc1. The molecule has 1 unspecified atom stereocenters. The second-order valence-electron chi connectivity index (χ2n) is 6.52. The summed E-state index contributed by atoms with van der Waals surface area (Å²) in [5, 5.41) is 22.5. The van der Waals surface area contributed by atoms with Gasteiger partial charge in [0.2, 0.25) is 0 Å². The fourth-order valence-electron chi connectivity index (χ4n) is 2.26. The highest BCUT2D eigenvalue weighted by molar-refractivity contribution is 5.94. The maximum Gasteiger partial charge on any atom is 0.251 e. The van der Waals surface area contributed by atoms with E-state index in [4.69, 9.17) is 0 Å². The second kappa shape index (κ2) is 8.04. The van der Waals surface area contributed by atoms with E-state index in [1.54, 1.807) is 50.5 Å². The van der Waals surface area contributed by atoms with Gasteiger partial charge in [-0.1, -0.05) is 18.2 Å². The highest BCUT2D eigenvalue weighted by Gasteiger charge is 2.13. The Morgan fingerprint density at radius 2 is 1.96 bits per heavy atom. The molecule has 1 atom stereocenters. The molecule has 1 amide bonds. The van der Waals surface area contributed by atoms with Gasteiger partial charge in [0, 0.05) is 30.1 Å². The van der Waals surface area contributed by atoms with Crippen LogP contribution in [0.1, 0.15) is 47.9 Å². The minimum Gasteiger partial charge on any atom is -0.390 e. The molecule has 3 N–H and O–H groups in total. The topological polar surface area (TPSA) is 82.5 Å². The molecule has 2 aromatic rings. The number of amides is 1. The first-order chi connectivity index (χ1) is 11.3. The zero-order chi connectivity index (χ0) is 17.6. The van der Waals surface area contributed by atoms with Crippen LogP contribution < -0.4 is 5.32 Å².